The lowest BCUT2D eigenvalue weighted by Gasteiger charge is -2.20. The van der Waals surface area contributed by atoms with Crippen LogP contribution in [0.1, 0.15) is 36.2 Å². The average molecular weight is 260 g/mol. The highest BCUT2D eigenvalue weighted by Crippen LogP contribution is 2.09. The highest BCUT2D eigenvalue weighted by Gasteiger charge is 2.20. The Balaban J connectivity index is 2.82. The zero-order valence-electron chi connectivity index (χ0n) is 10.9. The van der Waals surface area contributed by atoms with Crippen molar-refractivity contribution in [1.82, 2.24) is 5.32 Å². The Morgan fingerprint density at radius 3 is 2.63 bits per heavy atom. The van der Waals surface area contributed by atoms with Crippen LogP contribution in [0.25, 0.3) is 0 Å². The van der Waals surface area contributed by atoms with E-state index in [4.69, 9.17) is 10.4 Å². The minimum Gasteiger partial charge on any atom is -0.481 e. The van der Waals surface area contributed by atoms with E-state index in [1.807, 2.05) is 19.9 Å². The number of benzene rings is 1. The normalized spacial score (nSPS) is 11.7. The second-order valence-corrected chi connectivity index (χ2v) is 4.61. The van der Waals surface area contributed by atoms with Crippen LogP contribution in [-0.2, 0) is 4.79 Å². The van der Waals surface area contributed by atoms with Gasteiger partial charge in [0.25, 0.3) is 5.91 Å². The molecular weight excluding hydrogens is 244 g/mol. The molecule has 0 spiro atoms. The largest absolute Gasteiger partial charge is 0.481 e. The first kappa shape index (κ1) is 14.7. The molecule has 0 aromatic heterocycles. The molecule has 1 amide bonds. The van der Waals surface area contributed by atoms with Gasteiger partial charge in [-0.1, -0.05) is 19.9 Å². The maximum Gasteiger partial charge on any atom is 0.305 e. The number of aliphatic carboxylic acids is 1. The van der Waals surface area contributed by atoms with Gasteiger partial charge in [0.1, 0.15) is 0 Å². The number of carboxylic acid groups (broad SMARTS) is 1. The quantitative estimate of drug-likeness (QED) is 0.844. The van der Waals surface area contributed by atoms with Gasteiger partial charge in [-0.15, -0.1) is 0 Å². The molecule has 5 nitrogen and oxygen atoms in total. The number of carbonyl (C=O) groups is 2. The molecule has 2 N–H and O–H groups in total. The van der Waals surface area contributed by atoms with E-state index >= 15 is 0 Å². The van der Waals surface area contributed by atoms with Crippen LogP contribution in [0.3, 0.4) is 0 Å². The van der Waals surface area contributed by atoms with Gasteiger partial charge in [-0.05, 0) is 24.1 Å². The number of nitriles is 1. The van der Waals surface area contributed by atoms with E-state index in [1.54, 1.807) is 18.2 Å². The van der Waals surface area contributed by atoms with Crippen molar-refractivity contribution < 1.29 is 14.7 Å². The molecule has 0 fully saturated rings. The van der Waals surface area contributed by atoms with Crippen molar-refractivity contribution in [2.45, 2.75) is 26.3 Å². The monoisotopic (exact) mass is 260 g/mol. The number of carboxylic acids is 1. The van der Waals surface area contributed by atoms with E-state index < -0.39 is 12.0 Å². The lowest BCUT2D eigenvalue weighted by atomic mass is 10.0. The van der Waals surface area contributed by atoms with Crippen LogP contribution in [-0.4, -0.2) is 23.0 Å². The van der Waals surface area contributed by atoms with Crippen LogP contribution in [0.4, 0.5) is 0 Å². The van der Waals surface area contributed by atoms with Gasteiger partial charge in [-0.2, -0.15) is 5.26 Å². The number of hydrogen-bond acceptors (Lipinski definition) is 3. The molecular formula is C14H16N2O3. The zero-order chi connectivity index (χ0) is 14.4. The maximum absolute atomic E-state index is 12.0. The fourth-order valence-corrected chi connectivity index (χ4v) is 1.62. The van der Waals surface area contributed by atoms with Crippen molar-refractivity contribution in [2.75, 3.05) is 0 Å². The summed E-state index contributed by atoms with van der Waals surface area (Å²) in [4.78, 5) is 22.7. The molecule has 5 heteroatoms. The molecule has 1 aromatic rings. The maximum atomic E-state index is 12.0. The van der Waals surface area contributed by atoms with Crippen molar-refractivity contribution in [3.8, 4) is 6.07 Å². The molecule has 1 rings (SSSR count). The predicted octanol–water partition coefficient (Wildman–Crippen LogP) is 1.79. The number of amides is 1. The van der Waals surface area contributed by atoms with Gasteiger partial charge in [-0.3, -0.25) is 9.59 Å². The van der Waals surface area contributed by atoms with Gasteiger partial charge in [0.05, 0.1) is 18.1 Å². The number of hydrogen-bond donors (Lipinski definition) is 2. The number of rotatable bonds is 5. The molecule has 0 saturated heterocycles. The third kappa shape index (κ3) is 4.43. The Kier molecular flexibility index (Phi) is 5.07. The summed E-state index contributed by atoms with van der Waals surface area (Å²) < 4.78 is 0. The average Bonchev–Trinajstić information content (AvgIpc) is 2.37. The first-order valence-corrected chi connectivity index (χ1v) is 5.97. The van der Waals surface area contributed by atoms with Gasteiger partial charge in [0, 0.05) is 11.6 Å². The second-order valence-electron chi connectivity index (χ2n) is 4.61. The topological polar surface area (TPSA) is 90.2 Å². The van der Waals surface area contributed by atoms with Crippen molar-refractivity contribution in [3.05, 3.63) is 35.4 Å². The van der Waals surface area contributed by atoms with Crippen LogP contribution >= 0.6 is 0 Å². The molecule has 0 heterocycles. The van der Waals surface area contributed by atoms with Crippen LogP contribution in [0.2, 0.25) is 0 Å². The van der Waals surface area contributed by atoms with E-state index in [1.165, 1.54) is 6.07 Å². The van der Waals surface area contributed by atoms with E-state index in [2.05, 4.69) is 5.32 Å². The molecule has 0 saturated carbocycles. The third-order valence-electron chi connectivity index (χ3n) is 2.77. The van der Waals surface area contributed by atoms with Gasteiger partial charge in [0.15, 0.2) is 0 Å². The van der Waals surface area contributed by atoms with Gasteiger partial charge >= 0.3 is 5.97 Å². The fraction of sp³-hybridized carbons (Fsp3) is 0.357. The zero-order valence-corrected chi connectivity index (χ0v) is 10.9. The molecule has 0 aliphatic rings. The highest BCUT2D eigenvalue weighted by atomic mass is 16.4. The van der Waals surface area contributed by atoms with Crippen molar-refractivity contribution in [3.63, 3.8) is 0 Å². The van der Waals surface area contributed by atoms with Crippen LogP contribution < -0.4 is 5.32 Å². The minimum absolute atomic E-state index is 0.0131. The van der Waals surface area contributed by atoms with E-state index in [-0.39, 0.29) is 18.2 Å². The molecule has 1 aromatic carbocycles. The summed E-state index contributed by atoms with van der Waals surface area (Å²) in [5, 5.41) is 20.3. The molecule has 1 atom stereocenters. The van der Waals surface area contributed by atoms with E-state index in [0.717, 1.165) is 0 Å². The summed E-state index contributed by atoms with van der Waals surface area (Å²) >= 11 is 0. The Morgan fingerprint density at radius 2 is 2.11 bits per heavy atom. The Labute approximate surface area is 111 Å². The number of nitrogens with zero attached hydrogens (tertiary/aromatic N) is 1. The van der Waals surface area contributed by atoms with Gasteiger partial charge < -0.3 is 10.4 Å². The predicted molar refractivity (Wildman–Crippen MR) is 69.5 cm³/mol. The van der Waals surface area contributed by atoms with Crippen molar-refractivity contribution in [1.29, 1.82) is 5.26 Å². The van der Waals surface area contributed by atoms with Gasteiger partial charge in [0.2, 0.25) is 0 Å². The number of nitrogens with one attached hydrogen (secondary N) is 1. The van der Waals surface area contributed by atoms with Crippen LogP contribution in [0.15, 0.2) is 24.3 Å². The molecule has 1 unspecified atom stereocenters. The van der Waals surface area contributed by atoms with Gasteiger partial charge in [-0.25, -0.2) is 0 Å². The first-order valence-electron chi connectivity index (χ1n) is 5.97. The molecule has 19 heavy (non-hydrogen) atoms. The number of carbonyl (C=O) groups excluding carboxylic acids is 1. The second kappa shape index (κ2) is 6.55. The first-order chi connectivity index (χ1) is 8.93. The van der Waals surface area contributed by atoms with Crippen molar-refractivity contribution >= 4 is 11.9 Å². The lowest BCUT2D eigenvalue weighted by Crippen LogP contribution is -2.40. The Hall–Kier alpha value is -2.35. The fourth-order valence-electron chi connectivity index (χ4n) is 1.62. The van der Waals surface area contributed by atoms with Crippen LogP contribution in [0.5, 0.6) is 0 Å². The standard InChI is InChI=1S/C14H16N2O3/c1-9(2)12(7-13(17)18)16-14(19)11-5-3-4-10(6-11)8-15/h3-6,9,12H,7H2,1-2H3,(H,16,19)(H,17,18). The molecule has 100 valence electrons. The molecule has 0 bridgehead atoms. The highest BCUT2D eigenvalue weighted by molar-refractivity contribution is 5.95. The summed E-state index contributed by atoms with van der Waals surface area (Å²) in [6.45, 7) is 3.69. The summed E-state index contributed by atoms with van der Waals surface area (Å²) in [6.07, 6.45) is -0.124. The Morgan fingerprint density at radius 1 is 1.42 bits per heavy atom. The van der Waals surface area contributed by atoms with E-state index in [9.17, 15) is 9.59 Å². The smallest absolute Gasteiger partial charge is 0.305 e. The molecule has 0 aliphatic heterocycles. The third-order valence-corrected chi connectivity index (χ3v) is 2.77. The van der Waals surface area contributed by atoms with Crippen LogP contribution in [0, 0.1) is 17.2 Å². The lowest BCUT2D eigenvalue weighted by molar-refractivity contribution is -0.137. The van der Waals surface area contributed by atoms with Crippen molar-refractivity contribution in [2.24, 2.45) is 5.92 Å². The summed E-state index contributed by atoms with van der Waals surface area (Å²) in [6, 6.07) is 7.82. The summed E-state index contributed by atoms with van der Waals surface area (Å²) in [5.41, 5.74) is 0.752. The van der Waals surface area contributed by atoms with E-state index in [0.29, 0.717) is 11.1 Å². The molecule has 0 radical (unpaired) electrons. The minimum atomic E-state index is -0.954. The Bertz CT molecular complexity index is 518. The molecule has 0 aliphatic carbocycles. The summed E-state index contributed by atoms with van der Waals surface area (Å²) in [5.74, 6) is -1.30. The summed E-state index contributed by atoms with van der Waals surface area (Å²) in [7, 11) is 0. The SMILES string of the molecule is CC(C)C(CC(=O)O)NC(=O)c1cccc(C#N)c1.